The monoisotopic (exact) mass is 307 g/mol. The molecule has 2 aliphatic heterocycles. The standard InChI is InChI=1S/C16H29N5O/c1-13(20-8-4-5-9-20)14-6-10-21(11-7-14)16-18-17-15(22-16)12-19(2)3/h13-14H,4-12H2,1-3H3. The van der Waals surface area contributed by atoms with E-state index in [9.17, 15) is 0 Å². The molecule has 1 unspecified atom stereocenters. The van der Waals surface area contributed by atoms with Gasteiger partial charge in [0, 0.05) is 19.1 Å². The molecule has 1 aromatic heterocycles. The summed E-state index contributed by atoms with van der Waals surface area (Å²) in [6.45, 7) is 7.76. The molecule has 22 heavy (non-hydrogen) atoms. The second-order valence-electron chi connectivity index (χ2n) is 7.02. The lowest BCUT2D eigenvalue weighted by atomic mass is 9.89. The van der Waals surface area contributed by atoms with Gasteiger partial charge in [-0.3, -0.25) is 0 Å². The first kappa shape index (κ1) is 15.7. The number of anilines is 1. The van der Waals surface area contributed by atoms with E-state index in [4.69, 9.17) is 4.42 Å². The van der Waals surface area contributed by atoms with Crippen LogP contribution in [0.5, 0.6) is 0 Å². The van der Waals surface area contributed by atoms with Gasteiger partial charge in [0.25, 0.3) is 0 Å². The highest BCUT2D eigenvalue weighted by Gasteiger charge is 2.30. The number of likely N-dealkylation sites (tertiary alicyclic amines) is 1. The summed E-state index contributed by atoms with van der Waals surface area (Å²) in [5.41, 5.74) is 0. The maximum atomic E-state index is 5.78. The lowest BCUT2D eigenvalue weighted by Gasteiger charge is -2.37. The molecular weight excluding hydrogens is 278 g/mol. The van der Waals surface area contributed by atoms with Crippen LogP contribution in [0.15, 0.2) is 4.42 Å². The van der Waals surface area contributed by atoms with Crippen LogP contribution in [-0.4, -0.2) is 66.3 Å². The van der Waals surface area contributed by atoms with Crippen LogP contribution in [0.3, 0.4) is 0 Å². The van der Waals surface area contributed by atoms with Gasteiger partial charge in [-0.25, -0.2) is 0 Å². The van der Waals surface area contributed by atoms with Gasteiger partial charge in [0.2, 0.25) is 5.89 Å². The lowest BCUT2D eigenvalue weighted by molar-refractivity contribution is 0.166. The zero-order valence-electron chi connectivity index (χ0n) is 14.2. The minimum absolute atomic E-state index is 0.698. The molecule has 0 bridgehead atoms. The molecule has 3 heterocycles. The molecule has 0 saturated carbocycles. The van der Waals surface area contributed by atoms with E-state index in [1.165, 1.54) is 38.8 Å². The summed E-state index contributed by atoms with van der Waals surface area (Å²) in [4.78, 5) is 6.96. The highest BCUT2D eigenvalue weighted by molar-refractivity contribution is 5.24. The Hall–Kier alpha value is -1.14. The maximum Gasteiger partial charge on any atom is 0.318 e. The topological polar surface area (TPSA) is 48.6 Å². The van der Waals surface area contributed by atoms with Gasteiger partial charge in [0.1, 0.15) is 0 Å². The summed E-state index contributed by atoms with van der Waals surface area (Å²) in [6.07, 6.45) is 5.20. The van der Waals surface area contributed by atoms with Gasteiger partial charge in [-0.05, 0) is 65.7 Å². The van der Waals surface area contributed by atoms with Crippen molar-refractivity contribution < 1.29 is 4.42 Å². The molecule has 0 aliphatic carbocycles. The van der Waals surface area contributed by atoms with E-state index in [-0.39, 0.29) is 0 Å². The molecule has 1 aromatic rings. The molecule has 2 aliphatic rings. The van der Waals surface area contributed by atoms with Gasteiger partial charge < -0.3 is 19.1 Å². The molecule has 6 heteroatoms. The Labute approximate surface area is 133 Å². The van der Waals surface area contributed by atoms with Crippen molar-refractivity contribution in [3.63, 3.8) is 0 Å². The van der Waals surface area contributed by atoms with Crippen molar-refractivity contribution >= 4 is 6.01 Å². The number of hydrogen-bond donors (Lipinski definition) is 0. The summed E-state index contributed by atoms with van der Waals surface area (Å²) in [5, 5.41) is 8.35. The summed E-state index contributed by atoms with van der Waals surface area (Å²) >= 11 is 0. The summed E-state index contributed by atoms with van der Waals surface area (Å²) < 4.78 is 5.78. The van der Waals surface area contributed by atoms with Crippen LogP contribution < -0.4 is 4.90 Å². The normalized spacial score (nSPS) is 22.6. The van der Waals surface area contributed by atoms with Crippen molar-refractivity contribution in [3.8, 4) is 0 Å². The van der Waals surface area contributed by atoms with E-state index in [2.05, 4.69) is 26.9 Å². The molecule has 0 radical (unpaired) electrons. The molecule has 0 spiro atoms. The number of piperidine rings is 1. The average molecular weight is 307 g/mol. The molecule has 0 aromatic carbocycles. The van der Waals surface area contributed by atoms with Crippen molar-refractivity contribution in [3.05, 3.63) is 5.89 Å². The Morgan fingerprint density at radius 3 is 2.45 bits per heavy atom. The summed E-state index contributed by atoms with van der Waals surface area (Å²) in [7, 11) is 4.02. The largest absolute Gasteiger partial charge is 0.407 e. The number of nitrogens with zero attached hydrogens (tertiary/aromatic N) is 5. The summed E-state index contributed by atoms with van der Waals surface area (Å²) in [5.74, 6) is 1.51. The number of hydrogen-bond acceptors (Lipinski definition) is 6. The van der Waals surface area contributed by atoms with Crippen LogP contribution >= 0.6 is 0 Å². The Kier molecular flexibility index (Phi) is 4.98. The maximum absolute atomic E-state index is 5.78. The first-order valence-electron chi connectivity index (χ1n) is 8.59. The Morgan fingerprint density at radius 2 is 1.82 bits per heavy atom. The van der Waals surface area contributed by atoms with Crippen LogP contribution in [0.1, 0.15) is 38.5 Å². The van der Waals surface area contributed by atoms with Crippen molar-refractivity contribution in [2.75, 3.05) is 45.2 Å². The lowest BCUT2D eigenvalue weighted by Crippen LogP contribution is -2.43. The van der Waals surface area contributed by atoms with E-state index < -0.39 is 0 Å². The highest BCUT2D eigenvalue weighted by Crippen LogP contribution is 2.28. The fourth-order valence-corrected chi connectivity index (χ4v) is 3.73. The second-order valence-corrected chi connectivity index (χ2v) is 7.02. The zero-order valence-corrected chi connectivity index (χ0v) is 14.2. The Bertz CT molecular complexity index is 461. The zero-order chi connectivity index (χ0) is 15.5. The predicted molar refractivity (Wildman–Crippen MR) is 86.9 cm³/mol. The first-order valence-corrected chi connectivity index (χ1v) is 8.59. The van der Waals surface area contributed by atoms with E-state index in [0.717, 1.165) is 25.0 Å². The molecular formula is C16H29N5O. The highest BCUT2D eigenvalue weighted by atomic mass is 16.4. The average Bonchev–Trinajstić information content (AvgIpc) is 3.17. The van der Waals surface area contributed by atoms with E-state index in [0.29, 0.717) is 18.5 Å². The molecule has 2 saturated heterocycles. The van der Waals surface area contributed by atoms with Crippen LogP contribution in [0.4, 0.5) is 6.01 Å². The van der Waals surface area contributed by atoms with Crippen LogP contribution in [-0.2, 0) is 6.54 Å². The van der Waals surface area contributed by atoms with E-state index >= 15 is 0 Å². The Balaban J connectivity index is 1.51. The van der Waals surface area contributed by atoms with Crippen LogP contribution in [0.2, 0.25) is 0 Å². The minimum Gasteiger partial charge on any atom is -0.407 e. The predicted octanol–water partition coefficient (Wildman–Crippen LogP) is 1.83. The number of aromatic nitrogens is 2. The SMILES string of the molecule is CC(C1CCN(c2nnc(CN(C)C)o2)CC1)N1CCCC1. The van der Waals surface area contributed by atoms with Crippen molar-refractivity contribution in [2.45, 2.75) is 45.2 Å². The minimum atomic E-state index is 0.698. The van der Waals surface area contributed by atoms with E-state index in [1.807, 2.05) is 19.0 Å². The van der Waals surface area contributed by atoms with Gasteiger partial charge in [0.15, 0.2) is 0 Å². The fraction of sp³-hybridized carbons (Fsp3) is 0.875. The fourth-order valence-electron chi connectivity index (χ4n) is 3.73. The van der Waals surface area contributed by atoms with Gasteiger partial charge in [-0.15, -0.1) is 5.10 Å². The van der Waals surface area contributed by atoms with Crippen molar-refractivity contribution in [2.24, 2.45) is 5.92 Å². The summed E-state index contributed by atoms with van der Waals surface area (Å²) in [6, 6.07) is 1.42. The second kappa shape index (κ2) is 6.96. The molecule has 6 nitrogen and oxygen atoms in total. The molecule has 2 fully saturated rings. The molecule has 124 valence electrons. The third-order valence-corrected chi connectivity index (χ3v) is 5.12. The van der Waals surface area contributed by atoms with E-state index in [1.54, 1.807) is 0 Å². The smallest absolute Gasteiger partial charge is 0.318 e. The van der Waals surface area contributed by atoms with Crippen LogP contribution in [0, 0.1) is 5.92 Å². The number of rotatable bonds is 5. The van der Waals surface area contributed by atoms with Gasteiger partial charge in [-0.2, -0.15) is 0 Å². The molecule has 3 rings (SSSR count). The van der Waals surface area contributed by atoms with Crippen molar-refractivity contribution in [1.82, 2.24) is 20.0 Å². The molecule has 0 N–H and O–H groups in total. The molecule has 0 amide bonds. The van der Waals surface area contributed by atoms with Crippen molar-refractivity contribution in [1.29, 1.82) is 0 Å². The van der Waals surface area contributed by atoms with Crippen LogP contribution in [0.25, 0.3) is 0 Å². The molecule has 1 atom stereocenters. The third kappa shape index (κ3) is 3.60. The van der Waals surface area contributed by atoms with Gasteiger partial charge in [0.05, 0.1) is 6.54 Å². The first-order chi connectivity index (χ1) is 10.6. The van der Waals surface area contributed by atoms with Gasteiger partial charge >= 0.3 is 6.01 Å². The van der Waals surface area contributed by atoms with Gasteiger partial charge in [-0.1, -0.05) is 5.10 Å². The Morgan fingerprint density at radius 1 is 1.14 bits per heavy atom. The third-order valence-electron chi connectivity index (χ3n) is 5.12. The quantitative estimate of drug-likeness (QED) is 0.827.